The predicted octanol–water partition coefficient (Wildman–Crippen LogP) is 3.64. The highest BCUT2D eigenvalue weighted by atomic mass is 79.9. The molecule has 21 heavy (non-hydrogen) atoms. The van der Waals surface area contributed by atoms with E-state index in [0.717, 1.165) is 13.0 Å². The first-order valence-electron chi connectivity index (χ1n) is 8.23. The summed E-state index contributed by atoms with van der Waals surface area (Å²) >= 11 is 3.68. The molecule has 0 aliphatic heterocycles. The third-order valence-corrected chi connectivity index (χ3v) is 6.51. The standard InChI is InChI=1S/C18H22BrNO/c19-13-7-5-11(9-13)10-20-18(21)17-15-8-6-12-3-1-2-4-14(12)16(15)17/h1-4,11,13,15-17H,5-10H2,(H,20,21). The van der Waals surface area contributed by atoms with Gasteiger partial charge >= 0.3 is 0 Å². The second-order valence-electron chi connectivity index (χ2n) is 6.97. The van der Waals surface area contributed by atoms with E-state index in [0.29, 0.717) is 28.5 Å². The molecule has 1 aromatic carbocycles. The summed E-state index contributed by atoms with van der Waals surface area (Å²) in [6.07, 6.45) is 6.04. The van der Waals surface area contributed by atoms with Crippen molar-refractivity contribution >= 4 is 21.8 Å². The second kappa shape index (κ2) is 5.42. The molecule has 0 bridgehead atoms. The van der Waals surface area contributed by atoms with Crippen LogP contribution in [0.1, 0.15) is 42.7 Å². The average molecular weight is 348 g/mol. The first-order valence-corrected chi connectivity index (χ1v) is 9.15. The molecule has 5 unspecified atom stereocenters. The fourth-order valence-electron chi connectivity index (χ4n) is 4.49. The van der Waals surface area contributed by atoms with E-state index in [1.165, 1.54) is 36.8 Å². The monoisotopic (exact) mass is 347 g/mol. The Morgan fingerprint density at radius 2 is 2.10 bits per heavy atom. The summed E-state index contributed by atoms with van der Waals surface area (Å²) in [5, 5.41) is 3.23. The molecule has 0 heterocycles. The molecule has 0 spiro atoms. The molecule has 3 aliphatic carbocycles. The second-order valence-corrected chi connectivity index (χ2v) is 8.27. The summed E-state index contributed by atoms with van der Waals surface area (Å²) in [5.74, 6) is 2.33. The van der Waals surface area contributed by atoms with Gasteiger partial charge in [-0.15, -0.1) is 0 Å². The highest BCUT2D eigenvalue weighted by Gasteiger charge is 2.56. The van der Waals surface area contributed by atoms with Crippen LogP contribution in [0.5, 0.6) is 0 Å². The molecular weight excluding hydrogens is 326 g/mol. The highest BCUT2D eigenvalue weighted by molar-refractivity contribution is 9.09. The van der Waals surface area contributed by atoms with Crippen molar-refractivity contribution in [3.63, 3.8) is 0 Å². The fourth-order valence-corrected chi connectivity index (χ4v) is 5.28. The largest absolute Gasteiger partial charge is 0.356 e. The molecule has 2 fully saturated rings. The van der Waals surface area contributed by atoms with Crippen LogP contribution in [-0.2, 0) is 11.2 Å². The van der Waals surface area contributed by atoms with E-state index in [4.69, 9.17) is 0 Å². The van der Waals surface area contributed by atoms with Gasteiger partial charge in [-0.1, -0.05) is 40.2 Å². The number of hydrogen-bond acceptors (Lipinski definition) is 1. The van der Waals surface area contributed by atoms with Gasteiger partial charge in [0.1, 0.15) is 0 Å². The first kappa shape index (κ1) is 13.8. The van der Waals surface area contributed by atoms with Gasteiger partial charge in [0, 0.05) is 17.3 Å². The molecule has 2 saturated carbocycles. The zero-order chi connectivity index (χ0) is 14.4. The molecule has 2 nitrogen and oxygen atoms in total. The van der Waals surface area contributed by atoms with Crippen LogP contribution >= 0.6 is 15.9 Å². The lowest BCUT2D eigenvalue weighted by Crippen LogP contribution is -2.30. The molecule has 4 rings (SSSR count). The van der Waals surface area contributed by atoms with Crippen molar-refractivity contribution in [3.8, 4) is 0 Å². The Hall–Kier alpha value is -0.830. The molecule has 3 aliphatic rings. The SMILES string of the molecule is O=C(NCC1CCC(Br)C1)C1C2CCc3ccccc3C21. The van der Waals surface area contributed by atoms with Crippen LogP contribution in [0.25, 0.3) is 0 Å². The third kappa shape index (κ3) is 2.54. The van der Waals surface area contributed by atoms with E-state index in [2.05, 4.69) is 45.5 Å². The summed E-state index contributed by atoms with van der Waals surface area (Å²) in [6.45, 7) is 0.874. The number of amides is 1. The Morgan fingerprint density at radius 1 is 1.24 bits per heavy atom. The maximum absolute atomic E-state index is 12.5. The van der Waals surface area contributed by atoms with Crippen LogP contribution < -0.4 is 5.32 Å². The number of alkyl halides is 1. The van der Waals surface area contributed by atoms with Crippen molar-refractivity contribution < 1.29 is 4.79 Å². The molecular formula is C18H22BrNO. The Balaban J connectivity index is 1.37. The maximum Gasteiger partial charge on any atom is 0.224 e. The first-order chi connectivity index (χ1) is 10.2. The summed E-state index contributed by atoms with van der Waals surface area (Å²) in [4.78, 5) is 13.2. The van der Waals surface area contributed by atoms with Gasteiger partial charge in [-0.3, -0.25) is 4.79 Å². The Labute approximate surface area is 134 Å². The van der Waals surface area contributed by atoms with Crippen molar-refractivity contribution in [3.05, 3.63) is 35.4 Å². The molecule has 1 amide bonds. The van der Waals surface area contributed by atoms with E-state index in [9.17, 15) is 4.79 Å². The minimum Gasteiger partial charge on any atom is -0.356 e. The molecule has 0 radical (unpaired) electrons. The number of fused-ring (bicyclic) bond motifs is 3. The number of halogens is 1. The summed E-state index contributed by atoms with van der Waals surface area (Å²) in [7, 11) is 0. The number of hydrogen-bond donors (Lipinski definition) is 1. The molecule has 5 atom stereocenters. The fraction of sp³-hybridized carbons (Fsp3) is 0.611. The number of carbonyl (C=O) groups is 1. The smallest absolute Gasteiger partial charge is 0.224 e. The topological polar surface area (TPSA) is 29.1 Å². The zero-order valence-electron chi connectivity index (χ0n) is 12.2. The van der Waals surface area contributed by atoms with Crippen molar-refractivity contribution in [2.45, 2.75) is 42.8 Å². The van der Waals surface area contributed by atoms with Gasteiger partial charge in [0.15, 0.2) is 0 Å². The minimum absolute atomic E-state index is 0.245. The summed E-state index contributed by atoms with van der Waals surface area (Å²) < 4.78 is 0. The van der Waals surface area contributed by atoms with E-state index >= 15 is 0 Å². The van der Waals surface area contributed by atoms with Gasteiger partial charge in [-0.2, -0.15) is 0 Å². The number of nitrogens with one attached hydrogen (secondary N) is 1. The lowest BCUT2D eigenvalue weighted by atomic mass is 9.92. The van der Waals surface area contributed by atoms with Crippen LogP contribution in [0, 0.1) is 17.8 Å². The van der Waals surface area contributed by atoms with Gasteiger partial charge in [-0.25, -0.2) is 0 Å². The Kier molecular flexibility index (Phi) is 3.56. The van der Waals surface area contributed by atoms with Crippen LogP contribution in [0.15, 0.2) is 24.3 Å². The van der Waals surface area contributed by atoms with Crippen LogP contribution in [0.2, 0.25) is 0 Å². The van der Waals surface area contributed by atoms with E-state index in [1.54, 1.807) is 0 Å². The van der Waals surface area contributed by atoms with Gasteiger partial charge in [0.25, 0.3) is 0 Å². The van der Waals surface area contributed by atoms with Gasteiger partial charge in [0.05, 0.1) is 0 Å². The molecule has 1 aromatic rings. The van der Waals surface area contributed by atoms with Crippen molar-refractivity contribution in [2.75, 3.05) is 6.54 Å². The molecule has 1 N–H and O–H groups in total. The maximum atomic E-state index is 12.5. The van der Waals surface area contributed by atoms with Crippen LogP contribution in [-0.4, -0.2) is 17.3 Å². The highest BCUT2D eigenvalue weighted by Crippen LogP contribution is 2.59. The van der Waals surface area contributed by atoms with Crippen LogP contribution in [0.3, 0.4) is 0 Å². The molecule has 0 aromatic heterocycles. The van der Waals surface area contributed by atoms with Crippen molar-refractivity contribution in [2.24, 2.45) is 17.8 Å². The van der Waals surface area contributed by atoms with E-state index in [1.807, 2.05) is 0 Å². The zero-order valence-corrected chi connectivity index (χ0v) is 13.8. The minimum atomic E-state index is 0.245. The molecule has 3 heteroatoms. The van der Waals surface area contributed by atoms with E-state index < -0.39 is 0 Å². The Bertz CT molecular complexity index is 558. The molecule has 0 saturated heterocycles. The van der Waals surface area contributed by atoms with Crippen molar-refractivity contribution in [1.82, 2.24) is 5.32 Å². The predicted molar refractivity (Wildman–Crippen MR) is 87.5 cm³/mol. The lowest BCUT2D eigenvalue weighted by Gasteiger charge is -2.13. The Morgan fingerprint density at radius 3 is 2.90 bits per heavy atom. The van der Waals surface area contributed by atoms with Gasteiger partial charge in [0.2, 0.25) is 5.91 Å². The quantitative estimate of drug-likeness (QED) is 0.831. The number of carbonyl (C=O) groups excluding carboxylic acids is 1. The summed E-state index contributed by atoms with van der Waals surface area (Å²) in [6, 6.07) is 8.69. The summed E-state index contributed by atoms with van der Waals surface area (Å²) in [5.41, 5.74) is 2.90. The van der Waals surface area contributed by atoms with E-state index in [-0.39, 0.29) is 5.92 Å². The lowest BCUT2D eigenvalue weighted by molar-refractivity contribution is -0.122. The van der Waals surface area contributed by atoms with Crippen LogP contribution in [0.4, 0.5) is 0 Å². The molecule has 112 valence electrons. The van der Waals surface area contributed by atoms with Gasteiger partial charge in [-0.05, 0) is 61.0 Å². The third-order valence-electron chi connectivity index (χ3n) is 5.67. The van der Waals surface area contributed by atoms with Gasteiger partial charge < -0.3 is 5.32 Å². The van der Waals surface area contributed by atoms with Crippen molar-refractivity contribution in [1.29, 1.82) is 0 Å². The normalized spacial score (nSPS) is 36.7. The number of aryl methyl sites for hydroxylation is 1. The number of benzene rings is 1. The number of rotatable bonds is 3. The average Bonchev–Trinajstić information content (AvgIpc) is 3.11.